The van der Waals surface area contributed by atoms with Gasteiger partial charge in [0.05, 0.1) is 6.54 Å². The molecule has 0 aromatic carbocycles. The Balaban J connectivity index is 1.39. The fourth-order valence-electron chi connectivity index (χ4n) is 5.31. The molecule has 1 N–H and O–H groups in total. The first-order valence-corrected chi connectivity index (χ1v) is 8.22. The molecule has 110 valence electrons. The maximum Gasteiger partial charge on any atom is 0.213 e. The highest BCUT2D eigenvalue weighted by molar-refractivity contribution is 5.06. The van der Waals surface area contributed by atoms with Crippen LogP contribution < -0.4 is 5.32 Å². The van der Waals surface area contributed by atoms with Crippen LogP contribution in [0.2, 0.25) is 0 Å². The van der Waals surface area contributed by atoms with E-state index in [2.05, 4.69) is 22.4 Å². The van der Waals surface area contributed by atoms with Crippen LogP contribution in [-0.2, 0) is 6.54 Å². The Labute approximate surface area is 120 Å². The van der Waals surface area contributed by atoms with E-state index in [1.165, 1.54) is 51.3 Å². The summed E-state index contributed by atoms with van der Waals surface area (Å²) in [7, 11) is 0. The number of hydrogen-bond acceptors (Lipinski definition) is 4. The Morgan fingerprint density at radius 2 is 2.25 bits per heavy atom. The highest BCUT2D eigenvalue weighted by Crippen LogP contribution is 2.65. The van der Waals surface area contributed by atoms with Crippen LogP contribution in [0.1, 0.15) is 57.7 Å². The predicted octanol–water partition coefficient (Wildman–Crippen LogP) is 3.15. The Morgan fingerprint density at radius 3 is 3.10 bits per heavy atom. The van der Waals surface area contributed by atoms with Crippen LogP contribution in [-0.4, -0.2) is 16.2 Å². The third kappa shape index (κ3) is 2.09. The maximum atomic E-state index is 4.80. The summed E-state index contributed by atoms with van der Waals surface area (Å²) in [6.45, 7) is 3.32. The largest absolute Gasteiger partial charge is 0.343 e. The molecule has 2 bridgehead atoms. The summed E-state index contributed by atoms with van der Waals surface area (Å²) < 4.78 is 4.80. The molecule has 3 fully saturated rings. The molecule has 20 heavy (non-hydrogen) atoms. The fraction of sp³-hybridized carbons (Fsp3) is 0.875. The summed E-state index contributed by atoms with van der Waals surface area (Å²) in [5.74, 6) is 3.78. The molecule has 0 amide bonds. The lowest BCUT2D eigenvalue weighted by Crippen LogP contribution is -2.43. The third-order valence-corrected chi connectivity index (χ3v) is 6.46. The molecule has 0 saturated heterocycles. The summed E-state index contributed by atoms with van der Waals surface area (Å²) in [6, 6.07) is 0.637. The number of rotatable bonds is 3. The minimum absolute atomic E-state index is 0.637. The van der Waals surface area contributed by atoms with E-state index in [-0.39, 0.29) is 0 Å². The van der Waals surface area contributed by atoms with Gasteiger partial charge in [0.25, 0.3) is 0 Å². The first-order chi connectivity index (χ1) is 9.74. The molecule has 1 heterocycles. The van der Waals surface area contributed by atoms with Crippen LogP contribution in [0.4, 0.5) is 0 Å². The van der Waals surface area contributed by atoms with Gasteiger partial charge in [0.2, 0.25) is 6.39 Å². The smallest absolute Gasteiger partial charge is 0.213 e. The zero-order valence-electron chi connectivity index (χ0n) is 12.3. The molecule has 0 aliphatic heterocycles. The van der Waals surface area contributed by atoms with Crippen LogP contribution in [0.3, 0.4) is 0 Å². The van der Waals surface area contributed by atoms with Crippen molar-refractivity contribution in [1.29, 1.82) is 0 Å². The van der Waals surface area contributed by atoms with Gasteiger partial charge in [-0.25, -0.2) is 0 Å². The van der Waals surface area contributed by atoms with E-state index < -0.39 is 0 Å². The van der Waals surface area contributed by atoms with Gasteiger partial charge < -0.3 is 9.84 Å². The Morgan fingerprint density at radius 1 is 1.30 bits per heavy atom. The first-order valence-electron chi connectivity index (χ1n) is 8.22. The van der Waals surface area contributed by atoms with E-state index in [4.69, 9.17) is 4.52 Å². The highest BCUT2D eigenvalue weighted by Gasteiger charge is 2.56. The van der Waals surface area contributed by atoms with Crippen molar-refractivity contribution in [2.45, 2.75) is 64.5 Å². The van der Waals surface area contributed by atoms with Crippen LogP contribution >= 0.6 is 0 Å². The zero-order valence-corrected chi connectivity index (χ0v) is 12.3. The molecule has 0 radical (unpaired) electrons. The third-order valence-electron chi connectivity index (χ3n) is 6.46. The number of nitrogens with zero attached hydrogens (tertiary/aromatic N) is 2. The zero-order chi connectivity index (χ0) is 13.6. The van der Waals surface area contributed by atoms with E-state index in [0.29, 0.717) is 11.5 Å². The van der Waals surface area contributed by atoms with Crippen molar-refractivity contribution >= 4 is 0 Å². The minimum atomic E-state index is 0.637. The molecule has 1 aromatic heterocycles. The lowest BCUT2D eigenvalue weighted by molar-refractivity contribution is -0.0155. The molecule has 5 unspecified atom stereocenters. The molecule has 1 aromatic rings. The molecule has 4 rings (SSSR count). The van der Waals surface area contributed by atoms with Gasteiger partial charge in [-0.05, 0) is 61.7 Å². The van der Waals surface area contributed by atoms with Gasteiger partial charge in [0, 0.05) is 6.04 Å². The molecule has 4 nitrogen and oxygen atoms in total. The van der Waals surface area contributed by atoms with Crippen molar-refractivity contribution in [3.05, 3.63) is 12.2 Å². The molecule has 0 spiro atoms. The van der Waals surface area contributed by atoms with Gasteiger partial charge >= 0.3 is 0 Å². The van der Waals surface area contributed by atoms with Crippen LogP contribution in [0, 0.1) is 23.2 Å². The van der Waals surface area contributed by atoms with Gasteiger partial charge in [-0.2, -0.15) is 4.98 Å². The van der Waals surface area contributed by atoms with Crippen LogP contribution in [0.25, 0.3) is 0 Å². The monoisotopic (exact) mass is 275 g/mol. The number of aromatic nitrogens is 2. The summed E-state index contributed by atoms with van der Waals surface area (Å²) in [4.78, 5) is 4.10. The Kier molecular flexibility index (Phi) is 3.09. The second-order valence-corrected chi connectivity index (χ2v) is 7.53. The second-order valence-electron chi connectivity index (χ2n) is 7.53. The molecule has 3 aliphatic rings. The predicted molar refractivity (Wildman–Crippen MR) is 75.8 cm³/mol. The minimum Gasteiger partial charge on any atom is -0.343 e. The maximum absolute atomic E-state index is 4.80. The fourth-order valence-corrected chi connectivity index (χ4v) is 5.31. The van der Waals surface area contributed by atoms with Crippen molar-refractivity contribution in [2.24, 2.45) is 23.2 Å². The first kappa shape index (κ1) is 12.8. The normalized spacial score (nSPS) is 43.5. The van der Waals surface area contributed by atoms with E-state index in [0.717, 1.165) is 30.1 Å². The van der Waals surface area contributed by atoms with Gasteiger partial charge in [-0.1, -0.05) is 18.5 Å². The van der Waals surface area contributed by atoms with Gasteiger partial charge in [0.1, 0.15) is 0 Å². The Hall–Kier alpha value is -0.900. The average Bonchev–Trinajstić information content (AvgIpc) is 3.03. The van der Waals surface area contributed by atoms with Crippen molar-refractivity contribution in [3.8, 4) is 0 Å². The second kappa shape index (κ2) is 4.83. The van der Waals surface area contributed by atoms with Crippen LogP contribution in [0.15, 0.2) is 10.9 Å². The molecule has 4 heteroatoms. The van der Waals surface area contributed by atoms with Crippen LogP contribution in [0.5, 0.6) is 0 Å². The summed E-state index contributed by atoms with van der Waals surface area (Å²) >= 11 is 0. The van der Waals surface area contributed by atoms with E-state index in [1.807, 2.05) is 0 Å². The number of fused-ring (bicyclic) bond motifs is 1. The van der Waals surface area contributed by atoms with Crippen molar-refractivity contribution in [2.75, 3.05) is 0 Å². The quantitative estimate of drug-likeness (QED) is 0.920. The lowest BCUT2D eigenvalue weighted by atomic mass is 9.54. The highest BCUT2D eigenvalue weighted by atomic mass is 16.5. The Bertz CT molecular complexity index is 460. The van der Waals surface area contributed by atoms with Gasteiger partial charge in [-0.15, -0.1) is 0 Å². The summed E-state index contributed by atoms with van der Waals surface area (Å²) in [5.41, 5.74) is 0.702. The molecular weight excluding hydrogens is 250 g/mol. The standard InChI is InChI=1S/C16H25N3O/c1-16-8-11-5-13(16)7-12(16)3-2-4-14(6-11)17-9-15-18-10-20-19-15/h10-14,17H,2-9H2,1H3. The number of nitrogens with one attached hydrogen (secondary N) is 1. The van der Waals surface area contributed by atoms with Crippen molar-refractivity contribution < 1.29 is 4.52 Å². The van der Waals surface area contributed by atoms with E-state index in [9.17, 15) is 0 Å². The summed E-state index contributed by atoms with van der Waals surface area (Å²) in [5, 5.41) is 7.55. The molecule has 3 aliphatic carbocycles. The van der Waals surface area contributed by atoms with Gasteiger partial charge in [-0.3, -0.25) is 0 Å². The van der Waals surface area contributed by atoms with E-state index >= 15 is 0 Å². The average molecular weight is 275 g/mol. The number of hydrogen-bond donors (Lipinski definition) is 1. The summed E-state index contributed by atoms with van der Waals surface area (Å²) in [6.07, 6.45) is 11.4. The van der Waals surface area contributed by atoms with Gasteiger partial charge in [0.15, 0.2) is 5.82 Å². The van der Waals surface area contributed by atoms with Crippen molar-refractivity contribution in [3.63, 3.8) is 0 Å². The molecule has 3 saturated carbocycles. The lowest BCUT2D eigenvalue weighted by Gasteiger charge is -2.51. The van der Waals surface area contributed by atoms with Crippen molar-refractivity contribution in [1.82, 2.24) is 15.5 Å². The van der Waals surface area contributed by atoms with E-state index in [1.54, 1.807) is 0 Å². The SMILES string of the molecule is CC12CC3CC(NCc4ncon4)CCCC1CC2C3. The topological polar surface area (TPSA) is 51.0 Å². The molecule has 5 atom stereocenters. The molecular formula is C16H25N3O.